The number of carbonyl (C=O) groups excluding carboxylic acids is 14. The van der Waals surface area contributed by atoms with Crippen molar-refractivity contribution in [2.75, 3.05) is 31.1 Å². The number of nitrogens with zero attached hydrogens (tertiary/aromatic N) is 1. The van der Waals surface area contributed by atoms with E-state index in [1.807, 2.05) is 0 Å². The van der Waals surface area contributed by atoms with Crippen molar-refractivity contribution in [3.8, 4) is 0 Å². The van der Waals surface area contributed by atoms with Crippen molar-refractivity contribution in [1.82, 2.24) is 63.4 Å². The number of hydrogen-bond donors (Lipinski definition) is 17. The molecule has 1 aromatic rings. The zero-order valence-corrected chi connectivity index (χ0v) is 71.4. The number of aliphatic hydroxyl groups is 1. The molecule has 0 aromatic heterocycles. The van der Waals surface area contributed by atoms with Crippen LogP contribution in [0, 0.1) is 17.8 Å². The van der Waals surface area contributed by atoms with Crippen LogP contribution in [0.15, 0.2) is 24.3 Å². The van der Waals surface area contributed by atoms with E-state index in [1.165, 1.54) is 64.2 Å². The number of thioether (sulfide) groups is 2. The number of likely N-dealkylation sites (tertiary alicyclic amines) is 1. The minimum absolute atomic E-state index is 0.0145. The molecule has 12 atom stereocenters. The summed E-state index contributed by atoms with van der Waals surface area (Å²) >= 11 is 2.11. The number of hydrogen-bond acceptors (Lipinski definition) is 21. The molecule has 2 aliphatic rings. The van der Waals surface area contributed by atoms with E-state index in [-0.39, 0.29) is 85.9 Å². The van der Waals surface area contributed by atoms with Crippen LogP contribution in [0.3, 0.4) is 0 Å². The van der Waals surface area contributed by atoms with Gasteiger partial charge in [-0.15, -0.1) is 0 Å². The maximum absolute atomic E-state index is 14.8. The van der Waals surface area contributed by atoms with Gasteiger partial charge in [0, 0.05) is 80.5 Å². The second kappa shape index (κ2) is 56.9. The molecule has 0 aliphatic carbocycles. The molecule has 668 valence electrons. The van der Waals surface area contributed by atoms with Crippen molar-refractivity contribution < 1.29 is 112 Å². The SMILES string of the molecule is CCCCCCCCCCCCCCCCCC(=O)NCCC(=O)N[C@@H](CC(C)C)C(=O)N[C@@H](CCC(N)=O)C(=O)N[C@H]1CSCc2cccc(c2)CSC[C@@H](C(=O)N[C@@H](CC(C)C)C(=O)N2CCC[C@H]2C(=O)O)NC(=O)[C@H](CCC(=O)O)NC(=O)CNC(=O)[C@H]([C@@H](C)O)NC(=O)[C@H](CCC(=O)O)CC(=O)[C@H](C)NC(=O)[C@H](CC(=O)O)NC1=O. The first-order chi connectivity index (χ1) is 56.4. The lowest BCUT2D eigenvalue weighted by molar-refractivity contribution is -0.149. The number of nitrogens with one attached hydrogen (secondary N) is 11. The fourth-order valence-electron chi connectivity index (χ4n) is 13.4. The number of amides is 13. The van der Waals surface area contributed by atoms with Gasteiger partial charge in [0.05, 0.1) is 25.1 Å². The van der Waals surface area contributed by atoms with Crippen LogP contribution in [0.5, 0.6) is 0 Å². The predicted molar refractivity (Wildman–Crippen MR) is 442 cm³/mol. The van der Waals surface area contributed by atoms with Gasteiger partial charge in [-0.1, -0.05) is 149 Å². The first-order valence-corrected chi connectivity index (χ1v) is 43.9. The van der Waals surface area contributed by atoms with E-state index >= 15 is 0 Å². The standard InChI is InChI=1S/C81H129N13O23S2/c1-8-9-10-11-12-13-14-15-16-17-18-19-20-21-22-28-65(98)83-36-35-66(99)87-57(38-48(2)3)76(111)88-56(30-32-64(82)97)74(109)92-60-46-118-44-52-25-23-26-53(40-52)45-119-47-61(78(113)90-59(39-49(4)5)80(115)94-37-24-27-62(94)81(116)117)91-73(108)55(31-34-69(103)104)86-67(100)43-84-79(114)71(51(7)95)93-72(107)54(29-33-68(101)102)41-63(96)50(6)85-75(110)58(42-70(105)106)89-77(60)112/h23,25-26,40,48-51,54-62,71,95H,8-22,24,27-39,41-47H2,1-7H3,(H2,82,97)(H,83,98)(H,84,114)(H,85,110)(H,86,100)(H,87,99)(H,88,111)(H,89,112)(H,90,113)(H,91,108)(H,92,109)(H,93,107)(H,101,102)(H,103,104)(H,105,106)(H,116,117)/t50-,51+,54+,55-,56-,57-,58-,59-,60-,61-,62-,71-/m0/s1. The summed E-state index contributed by atoms with van der Waals surface area (Å²) < 4.78 is 0. The van der Waals surface area contributed by atoms with Crippen LogP contribution in [-0.4, -0.2) is 235 Å². The Labute approximate surface area is 704 Å². The lowest BCUT2D eigenvalue weighted by atomic mass is 9.93. The van der Waals surface area contributed by atoms with Crippen LogP contribution in [0.2, 0.25) is 0 Å². The van der Waals surface area contributed by atoms with Crippen LogP contribution in [0.1, 0.15) is 246 Å². The monoisotopic (exact) mass is 1720 g/mol. The Kier molecular flexibility index (Phi) is 49.6. The minimum Gasteiger partial charge on any atom is -0.481 e. The molecule has 36 nitrogen and oxygen atoms in total. The molecule has 1 saturated heterocycles. The first kappa shape index (κ1) is 104. The highest BCUT2D eigenvalue weighted by atomic mass is 32.2. The number of rotatable bonds is 44. The molecule has 0 saturated carbocycles. The van der Waals surface area contributed by atoms with E-state index in [0.717, 1.165) is 68.0 Å². The van der Waals surface area contributed by atoms with Crippen LogP contribution in [-0.2, 0) is 97.8 Å². The molecule has 18 N–H and O–H groups in total. The highest BCUT2D eigenvalue weighted by Gasteiger charge is 2.41. The lowest BCUT2D eigenvalue weighted by Gasteiger charge is -2.30. The van der Waals surface area contributed by atoms with Gasteiger partial charge in [-0.2, -0.15) is 23.5 Å². The van der Waals surface area contributed by atoms with E-state index in [0.29, 0.717) is 24.0 Å². The highest BCUT2D eigenvalue weighted by molar-refractivity contribution is 7.98. The molecule has 1 fully saturated rings. The largest absolute Gasteiger partial charge is 0.481 e. The second-order valence-corrected chi connectivity index (χ2v) is 33.6. The molecule has 2 heterocycles. The van der Waals surface area contributed by atoms with E-state index in [9.17, 15) is 112 Å². The molecule has 3 rings (SSSR count). The predicted octanol–water partition coefficient (Wildman–Crippen LogP) is 3.03. The number of carboxylic acids is 4. The number of Topliss-reactive ketones (excluding diaryl/α,β-unsaturated/α-hetero) is 1. The van der Waals surface area contributed by atoms with Crippen molar-refractivity contribution in [2.24, 2.45) is 23.5 Å². The van der Waals surface area contributed by atoms with Gasteiger partial charge < -0.3 is 94.7 Å². The molecule has 0 spiro atoms. The van der Waals surface area contributed by atoms with Gasteiger partial charge in [-0.3, -0.25) is 81.5 Å². The molecule has 38 heteroatoms. The molecular weight excluding hydrogens is 1590 g/mol. The highest BCUT2D eigenvalue weighted by Crippen LogP contribution is 2.24. The summed E-state index contributed by atoms with van der Waals surface area (Å²) in [6.45, 7) is 10.5. The van der Waals surface area contributed by atoms with Gasteiger partial charge in [-0.25, -0.2) is 4.79 Å². The zero-order valence-electron chi connectivity index (χ0n) is 69.8. The van der Waals surface area contributed by atoms with Gasteiger partial charge in [0.1, 0.15) is 54.4 Å². The summed E-state index contributed by atoms with van der Waals surface area (Å²) in [6.07, 6.45) is 10.7. The smallest absolute Gasteiger partial charge is 0.326 e. The number of nitrogens with two attached hydrogens (primary N) is 1. The number of carboxylic acid groups (broad SMARTS) is 4. The minimum atomic E-state index is -2.03. The Morgan fingerprint density at radius 1 is 0.580 bits per heavy atom. The maximum atomic E-state index is 14.8. The number of primary amides is 1. The second-order valence-electron chi connectivity index (χ2n) is 31.5. The van der Waals surface area contributed by atoms with Crippen molar-refractivity contribution in [2.45, 2.75) is 313 Å². The third-order valence-corrected chi connectivity index (χ3v) is 22.2. The molecular formula is C81H129N13O23S2. The number of aliphatic carboxylic acids is 4. The summed E-state index contributed by atoms with van der Waals surface area (Å²) in [6, 6.07) is -9.35. The van der Waals surface area contributed by atoms with Crippen molar-refractivity contribution >= 4 is 130 Å². The van der Waals surface area contributed by atoms with Crippen LogP contribution in [0.25, 0.3) is 0 Å². The average Bonchev–Trinajstić information content (AvgIpc) is 1.66. The molecule has 13 amide bonds. The van der Waals surface area contributed by atoms with Gasteiger partial charge in [0.15, 0.2) is 5.78 Å². The Hall–Kier alpha value is -9.46. The van der Waals surface area contributed by atoms with E-state index < -0.39 is 231 Å². The molecule has 0 unspecified atom stereocenters. The number of unbranched alkanes of at least 4 members (excludes halogenated alkanes) is 14. The maximum Gasteiger partial charge on any atom is 0.326 e. The molecule has 2 bridgehead atoms. The average molecular weight is 1720 g/mol. The summed E-state index contributed by atoms with van der Waals surface area (Å²) in [7, 11) is 0. The van der Waals surface area contributed by atoms with E-state index in [1.54, 1.807) is 52.0 Å². The number of ketones is 1. The number of aliphatic hydroxyl groups excluding tert-OH is 1. The quantitative estimate of drug-likeness (QED) is 0.0417. The summed E-state index contributed by atoms with van der Waals surface area (Å²) in [5, 5.41) is 77.4. The van der Waals surface area contributed by atoms with Crippen LogP contribution in [0.4, 0.5) is 0 Å². The van der Waals surface area contributed by atoms with Gasteiger partial charge >= 0.3 is 23.9 Å². The first-order valence-electron chi connectivity index (χ1n) is 41.6. The van der Waals surface area contributed by atoms with Gasteiger partial charge in [0.2, 0.25) is 76.8 Å². The zero-order chi connectivity index (χ0) is 88.7. The Morgan fingerprint density at radius 3 is 1.71 bits per heavy atom. The Morgan fingerprint density at radius 2 is 1.15 bits per heavy atom. The Balaban J connectivity index is 2.06. The summed E-state index contributed by atoms with van der Waals surface area (Å²) in [4.78, 5) is 245. The van der Waals surface area contributed by atoms with Gasteiger partial charge in [-0.05, 0) is 88.2 Å². The molecule has 0 radical (unpaired) electrons. The van der Waals surface area contributed by atoms with Crippen LogP contribution < -0.4 is 64.2 Å². The molecule has 119 heavy (non-hydrogen) atoms. The summed E-state index contributed by atoms with van der Waals surface area (Å²) in [5.74, 6) is -21.9. The molecule has 1 aromatic carbocycles. The van der Waals surface area contributed by atoms with E-state index in [2.05, 4.69) is 65.4 Å². The number of benzene rings is 1. The van der Waals surface area contributed by atoms with Crippen molar-refractivity contribution in [1.29, 1.82) is 0 Å². The topological polar surface area (TPSA) is 570 Å². The summed E-state index contributed by atoms with van der Waals surface area (Å²) in [5.41, 5.74) is 6.74. The van der Waals surface area contributed by atoms with Crippen molar-refractivity contribution in [3.63, 3.8) is 0 Å². The molecule has 2 aliphatic heterocycles. The number of fused-ring (bicyclic) bond motifs is 2. The lowest BCUT2D eigenvalue weighted by Crippen LogP contribution is -2.59. The fraction of sp³-hybridized carbons (Fsp3) is 0.704. The van der Waals surface area contributed by atoms with Gasteiger partial charge in [0.25, 0.3) is 0 Å². The number of carbonyl (C=O) groups is 18. The van der Waals surface area contributed by atoms with Crippen LogP contribution >= 0.6 is 23.5 Å². The Bertz CT molecular complexity index is 3550. The normalized spacial score (nSPS) is 20.9. The third-order valence-electron chi connectivity index (χ3n) is 20.0. The third kappa shape index (κ3) is 42.9. The van der Waals surface area contributed by atoms with E-state index in [4.69, 9.17) is 5.73 Å². The van der Waals surface area contributed by atoms with Crippen molar-refractivity contribution in [3.05, 3.63) is 35.4 Å². The fourth-order valence-corrected chi connectivity index (χ4v) is 15.5.